The molecular formula is C24H39IN7O10P. The van der Waals surface area contributed by atoms with Crippen LogP contribution in [0.2, 0.25) is 0 Å². The Morgan fingerprint density at radius 1 is 1.14 bits per heavy atom. The largest absolute Gasteiger partial charge is 0.479 e. The summed E-state index contributed by atoms with van der Waals surface area (Å²) in [7, 11) is -2.83. The number of nitrogen functional groups attached to an aromatic ring is 1. The SMILES string of the molecule is CCCOC(=O)[C@H](C)NP(=O)(N[C@@H](C)C(=O)OCCC)OC[C@H]1O[C@@H](n2c(I)nc3c(OC)nc(N)nc32)[C@](C)(O)[C@@H]1O. The molecular weight excluding hydrogens is 704 g/mol. The number of nitrogens with zero attached hydrogens (tertiary/aromatic N) is 4. The summed E-state index contributed by atoms with van der Waals surface area (Å²) in [5, 5.41) is 27.6. The van der Waals surface area contributed by atoms with Gasteiger partial charge in [-0.3, -0.25) is 18.7 Å². The molecule has 0 radical (unpaired) electrons. The summed E-state index contributed by atoms with van der Waals surface area (Å²) >= 11 is 1.90. The van der Waals surface area contributed by atoms with E-state index in [1.807, 2.05) is 36.4 Å². The molecule has 2 aromatic heterocycles. The van der Waals surface area contributed by atoms with Crippen LogP contribution in [0.5, 0.6) is 5.88 Å². The Kier molecular flexibility index (Phi) is 12.1. The number of rotatable bonds is 15. The number of hydrogen-bond donors (Lipinski definition) is 5. The zero-order chi connectivity index (χ0) is 32.1. The van der Waals surface area contributed by atoms with Gasteiger partial charge in [-0.05, 0) is 33.6 Å². The van der Waals surface area contributed by atoms with Crippen molar-refractivity contribution in [2.75, 3.05) is 32.7 Å². The van der Waals surface area contributed by atoms with Crippen LogP contribution in [0.25, 0.3) is 11.2 Å². The highest BCUT2D eigenvalue weighted by atomic mass is 127. The minimum atomic E-state index is -4.22. The van der Waals surface area contributed by atoms with Gasteiger partial charge in [-0.25, -0.2) is 15.2 Å². The lowest BCUT2D eigenvalue weighted by atomic mass is 9.96. The van der Waals surface area contributed by atoms with Crippen LogP contribution in [-0.2, 0) is 32.9 Å². The third-order valence-electron chi connectivity index (χ3n) is 6.42. The van der Waals surface area contributed by atoms with Crippen LogP contribution in [-0.4, -0.2) is 98.5 Å². The predicted molar refractivity (Wildman–Crippen MR) is 161 cm³/mol. The number of nitrogens with one attached hydrogen (secondary N) is 2. The fraction of sp³-hybridized carbons (Fsp3) is 0.708. The smallest absolute Gasteiger partial charge is 0.342 e. The highest BCUT2D eigenvalue weighted by Crippen LogP contribution is 2.44. The van der Waals surface area contributed by atoms with Crippen molar-refractivity contribution in [3.8, 4) is 5.88 Å². The summed E-state index contributed by atoms with van der Waals surface area (Å²) in [5.41, 5.74) is 4.35. The van der Waals surface area contributed by atoms with E-state index in [-0.39, 0.29) is 36.2 Å². The number of hydrogen-bond acceptors (Lipinski definition) is 14. The first kappa shape index (κ1) is 35.3. The second-order valence-electron chi connectivity index (χ2n) is 10.1. The van der Waals surface area contributed by atoms with Gasteiger partial charge in [0.25, 0.3) is 0 Å². The zero-order valence-corrected chi connectivity index (χ0v) is 27.8. The first-order valence-corrected chi connectivity index (χ1v) is 16.3. The second-order valence-corrected chi connectivity index (χ2v) is 12.9. The van der Waals surface area contributed by atoms with Gasteiger partial charge in [0, 0.05) is 22.6 Å². The Bertz CT molecular complexity index is 1310. The van der Waals surface area contributed by atoms with Gasteiger partial charge < -0.3 is 39.4 Å². The number of nitrogens with two attached hydrogens (primary N) is 1. The summed E-state index contributed by atoms with van der Waals surface area (Å²) < 4.78 is 42.9. The van der Waals surface area contributed by atoms with Gasteiger partial charge in [0.05, 0.1) is 26.9 Å². The molecule has 0 aromatic carbocycles. The van der Waals surface area contributed by atoms with E-state index in [0.717, 1.165) is 0 Å². The van der Waals surface area contributed by atoms with Crippen LogP contribution >= 0.6 is 30.3 Å². The molecule has 0 bridgehead atoms. The molecule has 6 N–H and O–H groups in total. The van der Waals surface area contributed by atoms with Crippen molar-refractivity contribution < 1.29 is 47.8 Å². The molecule has 3 rings (SSSR count). The van der Waals surface area contributed by atoms with Gasteiger partial charge in [0.2, 0.25) is 11.8 Å². The second kappa shape index (κ2) is 14.7. The van der Waals surface area contributed by atoms with E-state index < -0.39 is 62.3 Å². The van der Waals surface area contributed by atoms with Gasteiger partial charge in [-0.1, -0.05) is 13.8 Å². The molecule has 17 nitrogen and oxygen atoms in total. The van der Waals surface area contributed by atoms with Crippen molar-refractivity contribution in [1.82, 2.24) is 29.7 Å². The predicted octanol–water partition coefficient (Wildman–Crippen LogP) is 1.02. The Labute approximate surface area is 262 Å². The van der Waals surface area contributed by atoms with Gasteiger partial charge in [-0.2, -0.15) is 9.97 Å². The Balaban J connectivity index is 1.86. The minimum absolute atomic E-state index is 0.105. The standard InChI is InChI=1S/C24H39IN7O10P/c1-7-9-39-19(34)12(3)30-43(37,31-13(4)20(35)40-10-8-2)41-11-14-16(33)24(5,36)21(42-14)32-17-15(27-22(32)25)18(38-6)29-23(26)28-17/h12-14,16,21,33,36H,7-11H2,1-6H3,(H2,26,28,29)(H2,30,31,37)/t12-,13-,14+,16+,21+,24+/m0/s1. The molecule has 43 heavy (non-hydrogen) atoms. The van der Waals surface area contributed by atoms with Crippen LogP contribution < -0.4 is 20.6 Å². The van der Waals surface area contributed by atoms with Crippen molar-refractivity contribution >= 4 is 59.3 Å². The number of carbonyl (C=O) groups is 2. The number of esters is 2. The normalized spacial score (nSPS) is 23.7. The average molecular weight is 743 g/mol. The van der Waals surface area contributed by atoms with Crippen LogP contribution in [0.3, 0.4) is 0 Å². The maximum atomic E-state index is 13.9. The number of halogens is 1. The van der Waals surface area contributed by atoms with Crippen molar-refractivity contribution in [3.63, 3.8) is 0 Å². The summed E-state index contributed by atoms with van der Waals surface area (Å²) in [4.78, 5) is 37.4. The summed E-state index contributed by atoms with van der Waals surface area (Å²) in [6, 6.07) is -2.21. The number of aliphatic hydroxyl groups is 2. The van der Waals surface area contributed by atoms with Crippen LogP contribution in [0, 0.1) is 3.83 Å². The van der Waals surface area contributed by atoms with Crippen molar-refractivity contribution in [2.24, 2.45) is 0 Å². The third kappa shape index (κ3) is 8.10. The topological polar surface area (TPSA) is 232 Å². The molecule has 19 heteroatoms. The lowest BCUT2D eigenvalue weighted by Crippen LogP contribution is -2.45. The molecule has 1 saturated heterocycles. The van der Waals surface area contributed by atoms with E-state index in [9.17, 15) is 24.4 Å². The highest BCUT2D eigenvalue weighted by Gasteiger charge is 2.54. The van der Waals surface area contributed by atoms with Gasteiger partial charge in [-0.15, -0.1) is 0 Å². The fourth-order valence-electron chi connectivity index (χ4n) is 4.20. The molecule has 0 amide bonds. The molecule has 1 fully saturated rings. The number of fused-ring (bicyclic) bond motifs is 1. The zero-order valence-electron chi connectivity index (χ0n) is 24.8. The first-order chi connectivity index (χ1) is 20.2. The van der Waals surface area contributed by atoms with Gasteiger partial charge in [0.15, 0.2) is 21.2 Å². The van der Waals surface area contributed by atoms with E-state index in [2.05, 4.69) is 25.1 Å². The lowest BCUT2D eigenvalue weighted by Gasteiger charge is -2.28. The Hall–Kier alpha value is -2.19. The number of aromatic nitrogens is 4. The molecule has 0 unspecified atom stereocenters. The highest BCUT2D eigenvalue weighted by molar-refractivity contribution is 14.1. The van der Waals surface area contributed by atoms with E-state index in [1.165, 1.54) is 32.4 Å². The Morgan fingerprint density at radius 2 is 1.70 bits per heavy atom. The molecule has 0 saturated carbocycles. The number of ether oxygens (including phenoxy) is 4. The summed E-state index contributed by atoms with van der Waals surface area (Å²) in [6.07, 6.45) is -2.88. The summed E-state index contributed by atoms with van der Waals surface area (Å²) in [6.45, 7) is 7.62. The van der Waals surface area contributed by atoms with Crippen LogP contribution in [0.15, 0.2) is 0 Å². The quantitative estimate of drug-likeness (QED) is 0.0742. The molecule has 1 aliphatic rings. The monoisotopic (exact) mass is 743 g/mol. The Morgan fingerprint density at radius 3 is 2.21 bits per heavy atom. The molecule has 0 spiro atoms. The molecule has 1 aliphatic heterocycles. The van der Waals surface area contributed by atoms with Gasteiger partial charge in [0.1, 0.15) is 29.9 Å². The van der Waals surface area contributed by atoms with Gasteiger partial charge >= 0.3 is 19.6 Å². The molecule has 0 aliphatic carbocycles. The van der Waals surface area contributed by atoms with Crippen LogP contribution in [0.1, 0.15) is 53.7 Å². The fourth-order valence-corrected chi connectivity index (χ4v) is 6.74. The van der Waals surface area contributed by atoms with Crippen molar-refractivity contribution in [3.05, 3.63) is 3.83 Å². The summed E-state index contributed by atoms with van der Waals surface area (Å²) in [5.74, 6) is -1.39. The number of carbonyl (C=O) groups excluding carboxylic acids is 2. The number of anilines is 1. The number of imidazole rings is 1. The maximum absolute atomic E-state index is 13.9. The molecule has 3 heterocycles. The van der Waals surface area contributed by atoms with Crippen LogP contribution in [0.4, 0.5) is 5.95 Å². The third-order valence-corrected chi connectivity index (χ3v) is 9.14. The lowest BCUT2D eigenvalue weighted by molar-refractivity contribution is -0.145. The van der Waals surface area contributed by atoms with E-state index >= 15 is 0 Å². The molecule has 6 atom stereocenters. The van der Waals surface area contributed by atoms with E-state index in [0.29, 0.717) is 16.7 Å². The molecule has 242 valence electrons. The molecule has 2 aromatic rings. The van der Waals surface area contributed by atoms with E-state index in [1.54, 1.807) is 0 Å². The average Bonchev–Trinajstić information content (AvgIpc) is 3.39. The number of methoxy groups -OCH3 is 1. The van der Waals surface area contributed by atoms with Crippen molar-refractivity contribution in [2.45, 2.75) is 83.6 Å². The minimum Gasteiger partial charge on any atom is -0.479 e. The van der Waals surface area contributed by atoms with E-state index in [4.69, 9.17) is 29.2 Å². The van der Waals surface area contributed by atoms with Crippen molar-refractivity contribution in [1.29, 1.82) is 0 Å². The number of aliphatic hydroxyl groups excluding tert-OH is 1. The maximum Gasteiger partial charge on any atom is 0.342 e. The first-order valence-electron chi connectivity index (χ1n) is 13.6.